The van der Waals surface area contributed by atoms with Gasteiger partial charge in [-0.15, -0.1) is 0 Å². The lowest BCUT2D eigenvalue weighted by atomic mass is 10.1. The van der Waals surface area contributed by atoms with Gasteiger partial charge in [0.25, 0.3) is 5.91 Å². The number of rotatable bonds is 6. The molecule has 0 unspecified atom stereocenters. The first-order valence-electron chi connectivity index (χ1n) is 15.1. The van der Waals surface area contributed by atoms with Crippen molar-refractivity contribution in [3.8, 4) is 0 Å². The Balaban J connectivity index is 1.27. The van der Waals surface area contributed by atoms with E-state index >= 15 is 8.78 Å². The van der Waals surface area contributed by atoms with Crippen LogP contribution in [0.4, 0.5) is 20.2 Å². The number of hydrogen-bond donors (Lipinski definition) is 2. The van der Waals surface area contributed by atoms with E-state index in [2.05, 4.69) is 5.32 Å². The Labute approximate surface area is 256 Å². The summed E-state index contributed by atoms with van der Waals surface area (Å²) in [7, 11) is 0. The maximum absolute atomic E-state index is 15.3. The summed E-state index contributed by atoms with van der Waals surface area (Å²) in [5.41, 5.74) is -0.137. The molecule has 2 aromatic heterocycles. The number of carboxylic acid groups (broad SMARTS) is 1. The van der Waals surface area contributed by atoms with Gasteiger partial charge in [0.1, 0.15) is 22.8 Å². The average molecular weight is 621 g/mol. The maximum Gasteiger partial charge on any atom is 0.341 e. The third-order valence-electron chi connectivity index (χ3n) is 8.80. The Morgan fingerprint density at radius 2 is 1.20 bits per heavy atom. The molecule has 2 N–H and O–H groups in total. The second-order valence-corrected chi connectivity index (χ2v) is 11.3. The van der Waals surface area contributed by atoms with Crippen LogP contribution in [-0.2, 0) is 13.1 Å². The number of carbonyl (C=O) groups is 2. The van der Waals surface area contributed by atoms with E-state index < -0.39 is 39.9 Å². The molecular weight excluding hydrogens is 586 g/mol. The summed E-state index contributed by atoms with van der Waals surface area (Å²) < 4.78 is 34.0. The number of carbonyl (C=O) groups excluding carboxylic acids is 1. The number of amides is 1. The molecule has 0 radical (unpaired) electrons. The zero-order chi connectivity index (χ0) is 32.0. The van der Waals surface area contributed by atoms with Crippen molar-refractivity contribution in [2.75, 3.05) is 62.2 Å². The van der Waals surface area contributed by atoms with Crippen LogP contribution in [-0.4, -0.2) is 83.4 Å². The molecule has 4 heterocycles. The minimum atomic E-state index is -1.38. The largest absolute Gasteiger partial charge is 0.477 e. The Hall–Kier alpha value is -4.78. The number of halogens is 2. The van der Waals surface area contributed by atoms with Crippen LogP contribution in [0.1, 0.15) is 34.6 Å². The molecule has 236 valence electrons. The minimum absolute atomic E-state index is 0.0215. The quantitative estimate of drug-likeness (QED) is 0.338. The number of nitrogens with one attached hydrogen (secondary N) is 1. The number of carboxylic acids is 1. The molecular formula is C32H34F2N6O5. The van der Waals surface area contributed by atoms with Crippen molar-refractivity contribution in [2.45, 2.75) is 26.9 Å². The fourth-order valence-electron chi connectivity index (χ4n) is 6.34. The Morgan fingerprint density at radius 3 is 1.69 bits per heavy atom. The molecule has 13 heteroatoms. The van der Waals surface area contributed by atoms with Gasteiger partial charge in [-0.05, 0) is 38.1 Å². The van der Waals surface area contributed by atoms with Crippen molar-refractivity contribution in [1.29, 1.82) is 0 Å². The first-order valence-corrected chi connectivity index (χ1v) is 15.1. The fourth-order valence-corrected chi connectivity index (χ4v) is 6.34. The van der Waals surface area contributed by atoms with Gasteiger partial charge in [0.05, 0.1) is 22.4 Å². The van der Waals surface area contributed by atoms with Crippen molar-refractivity contribution in [1.82, 2.24) is 19.4 Å². The summed E-state index contributed by atoms with van der Waals surface area (Å²) in [6.07, 6.45) is 2.80. The molecule has 11 nitrogen and oxygen atoms in total. The summed E-state index contributed by atoms with van der Waals surface area (Å²) in [4.78, 5) is 56.7. The number of aryl methyl sites for hydroxylation is 2. The van der Waals surface area contributed by atoms with Gasteiger partial charge in [0.15, 0.2) is 0 Å². The van der Waals surface area contributed by atoms with Gasteiger partial charge in [-0.2, -0.15) is 0 Å². The summed E-state index contributed by atoms with van der Waals surface area (Å²) >= 11 is 0. The monoisotopic (exact) mass is 620 g/mol. The predicted molar refractivity (Wildman–Crippen MR) is 168 cm³/mol. The lowest BCUT2D eigenvalue weighted by Gasteiger charge is -2.36. The number of aromatic carboxylic acids is 1. The molecule has 2 aromatic carbocycles. The molecule has 2 saturated heterocycles. The highest BCUT2D eigenvalue weighted by molar-refractivity contribution is 5.98. The normalized spacial score (nSPS) is 15.7. The molecule has 1 amide bonds. The molecule has 0 bridgehead atoms. The van der Waals surface area contributed by atoms with Crippen LogP contribution < -0.4 is 26.0 Å². The Kier molecular flexibility index (Phi) is 8.04. The van der Waals surface area contributed by atoms with Crippen LogP contribution in [0.2, 0.25) is 0 Å². The van der Waals surface area contributed by atoms with Gasteiger partial charge < -0.3 is 34.3 Å². The first kappa shape index (κ1) is 30.3. The average Bonchev–Trinajstić information content (AvgIpc) is 3.05. The summed E-state index contributed by atoms with van der Waals surface area (Å²) in [6, 6.07) is 5.52. The number of fused-ring (bicyclic) bond motifs is 2. The van der Waals surface area contributed by atoms with Gasteiger partial charge in [-0.25, -0.2) is 13.6 Å². The highest BCUT2D eigenvalue weighted by Gasteiger charge is 2.28. The fraction of sp³-hybridized carbons (Fsp3) is 0.375. The molecule has 0 atom stereocenters. The Bertz CT molecular complexity index is 1960. The van der Waals surface area contributed by atoms with Crippen molar-refractivity contribution < 1.29 is 23.5 Å². The van der Waals surface area contributed by atoms with Gasteiger partial charge in [-0.3, -0.25) is 14.4 Å². The SMILES string of the molecule is CCn1cc(C(=O)O)c(=O)c2cc(F)c(N3CCN(C(=O)c4cn(CC)c5cc(N6CCNCC6)c(F)cc5c4=O)CC3)cc21. The third kappa shape index (κ3) is 5.30. The lowest BCUT2D eigenvalue weighted by molar-refractivity contribution is 0.0693. The van der Waals surface area contributed by atoms with Crippen molar-refractivity contribution in [3.05, 3.63) is 79.9 Å². The van der Waals surface area contributed by atoms with Crippen LogP contribution >= 0.6 is 0 Å². The topological polar surface area (TPSA) is 120 Å². The van der Waals surface area contributed by atoms with Crippen LogP contribution in [0.5, 0.6) is 0 Å². The van der Waals surface area contributed by atoms with Crippen LogP contribution in [0.3, 0.4) is 0 Å². The molecule has 2 fully saturated rings. The van der Waals surface area contributed by atoms with E-state index in [-0.39, 0.29) is 48.2 Å². The zero-order valence-corrected chi connectivity index (χ0v) is 25.1. The number of piperazine rings is 2. The highest BCUT2D eigenvalue weighted by atomic mass is 19.1. The van der Waals surface area contributed by atoms with E-state index in [0.717, 1.165) is 19.2 Å². The molecule has 0 spiro atoms. The van der Waals surface area contributed by atoms with Crippen LogP contribution in [0.25, 0.3) is 21.8 Å². The number of nitrogens with zero attached hydrogens (tertiary/aromatic N) is 5. The van der Waals surface area contributed by atoms with Crippen LogP contribution in [0, 0.1) is 11.6 Å². The molecule has 2 aliphatic rings. The van der Waals surface area contributed by atoms with Crippen molar-refractivity contribution in [3.63, 3.8) is 0 Å². The first-order chi connectivity index (χ1) is 21.6. The molecule has 0 saturated carbocycles. The smallest absolute Gasteiger partial charge is 0.341 e. The van der Waals surface area contributed by atoms with E-state index in [4.69, 9.17) is 0 Å². The summed E-state index contributed by atoms with van der Waals surface area (Å²) in [6.45, 7) is 8.21. The zero-order valence-electron chi connectivity index (χ0n) is 25.1. The second kappa shape index (κ2) is 12.0. The number of aromatic nitrogens is 2. The molecule has 0 aliphatic carbocycles. The minimum Gasteiger partial charge on any atom is -0.477 e. The maximum atomic E-state index is 15.3. The van der Waals surface area contributed by atoms with Crippen LogP contribution in [0.15, 0.2) is 46.2 Å². The van der Waals surface area contributed by atoms with Gasteiger partial charge in [0.2, 0.25) is 10.9 Å². The summed E-state index contributed by atoms with van der Waals surface area (Å²) in [5, 5.41) is 12.8. The molecule has 2 aliphatic heterocycles. The van der Waals surface area contributed by atoms with Crippen molar-refractivity contribution >= 4 is 45.1 Å². The van der Waals surface area contributed by atoms with E-state index in [0.29, 0.717) is 42.9 Å². The van der Waals surface area contributed by atoms with Gasteiger partial charge in [0, 0.05) is 88.6 Å². The van der Waals surface area contributed by atoms with Crippen molar-refractivity contribution in [2.24, 2.45) is 0 Å². The lowest BCUT2D eigenvalue weighted by Crippen LogP contribution is -2.50. The molecule has 4 aromatic rings. The number of benzene rings is 2. The molecule has 6 rings (SSSR count). The van der Waals surface area contributed by atoms with E-state index in [9.17, 15) is 24.3 Å². The second-order valence-electron chi connectivity index (χ2n) is 11.3. The van der Waals surface area contributed by atoms with Gasteiger partial charge in [-0.1, -0.05) is 0 Å². The number of anilines is 2. The predicted octanol–water partition coefficient (Wildman–Crippen LogP) is 2.70. The third-order valence-corrected chi connectivity index (χ3v) is 8.80. The highest BCUT2D eigenvalue weighted by Crippen LogP contribution is 2.28. The van der Waals surface area contributed by atoms with E-state index in [1.807, 2.05) is 11.8 Å². The number of pyridine rings is 2. The van der Waals surface area contributed by atoms with Gasteiger partial charge >= 0.3 is 5.97 Å². The summed E-state index contributed by atoms with van der Waals surface area (Å²) in [5.74, 6) is -3.04. The van der Waals surface area contributed by atoms with E-state index in [1.54, 1.807) is 27.0 Å². The van der Waals surface area contributed by atoms with E-state index in [1.165, 1.54) is 29.4 Å². The molecule has 45 heavy (non-hydrogen) atoms. The number of hydrogen-bond acceptors (Lipinski definition) is 7. The Morgan fingerprint density at radius 1 is 0.733 bits per heavy atom. The standard InChI is InChI=1S/C32H34F2N6O5/c1-3-36-17-21(29(41)19-13-23(33)27(15-25(19)36)38-7-5-35-6-8-38)31(43)40-11-9-39(10-12-40)28-16-26-20(14-24(28)34)30(42)22(32(44)45)18-37(26)4-2/h13-18,35H,3-12H2,1-2H3,(H,44,45).